The molecule has 0 atom stereocenters. The first-order valence-corrected chi connectivity index (χ1v) is 4.45. The fourth-order valence-corrected chi connectivity index (χ4v) is 1.52. The van der Waals surface area contributed by atoms with Crippen molar-refractivity contribution in [3.05, 3.63) is 45.5 Å². The van der Waals surface area contributed by atoms with Crippen molar-refractivity contribution in [3.8, 4) is 5.69 Å². The lowest BCUT2D eigenvalue weighted by Crippen LogP contribution is -2.05. The van der Waals surface area contributed by atoms with Gasteiger partial charge in [-0.1, -0.05) is 12.1 Å². The standard InChI is InChI=1S/C8H6BrN3O/c9-6-3-1-2-4-7(6)12-5-10-8(13)11-12/h1-5H,(H,11,13). The molecule has 0 unspecified atom stereocenters. The Morgan fingerprint density at radius 3 is 2.77 bits per heavy atom. The average molecular weight is 240 g/mol. The molecule has 0 aliphatic rings. The summed E-state index contributed by atoms with van der Waals surface area (Å²) in [5.74, 6) is 0. The number of hydrogen-bond donors (Lipinski definition) is 1. The van der Waals surface area contributed by atoms with Gasteiger partial charge in [-0.05, 0) is 28.1 Å². The van der Waals surface area contributed by atoms with Crippen molar-refractivity contribution >= 4 is 15.9 Å². The summed E-state index contributed by atoms with van der Waals surface area (Å²) in [5, 5.41) is 2.55. The van der Waals surface area contributed by atoms with Gasteiger partial charge in [0.25, 0.3) is 0 Å². The van der Waals surface area contributed by atoms with Gasteiger partial charge < -0.3 is 0 Å². The van der Waals surface area contributed by atoms with Gasteiger partial charge in [0.05, 0.1) is 5.69 Å². The molecule has 1 aromatic heterocycles. The van der Waals surface area contributed by atoms with Gasteiger partial charge in [0.1, 0.15) is 6.33 Å². The van der Waals surface area contributed by atoms with Gasteiger partial charge in [0.2, 0.25) is 0 Å². The molecule has 0 amide bonds. The van der Waals surface area contributed by atoms with Gasteiger partial charge >= 0.3 is 5.69 Å². The Hall–Kier alpha value is -1.36. The third kappa shape index (κ3) is 1.55. The third-order valence-corrected chi connectivity index (χ3v) is 2.29. The summed E-state index contributed by atoms with van der Waals surface area (Å²) in [6.45, 7) is 0. The van der Waals surface area contributed by atoms with E-state index in [-0.39, 0.29) is 5.69 Å². The Balaban J connectivity index is 2.58. The fourth-order valence-electron chi connectivity index (χ4n) is 1.04. The molecule has 0 bridgehead atoms. The van der Waals surface area contributed by atoms with Crippen molar-refractivity contribution in [2.45, 2.75) is 0 Å². The quantitative estimate of drug-likeness (QED) is 0.817. The van der Waals surface area contributed by atoms with Crippen molar-refractivity contribution in [1.82, 2.24) is 14.8 Å². The van der Waals surface area contributed by atoms with E-state index in [2.05, 4.69) is 26.0 Å². The van der Waals surface area contributed by atoms with Crippen molar-refractivity contribution < 1.29 is 0 Å². The second-order valence-electron chi connectivity index (χ2n) is 2.48. The lowest BCUT2D eigenvalue weighted by molar-refractivity contribution is 0.860. The Morgan fingerprint density at radius 2 is 2.15 bits per heavy atom. The van der Waals surface area contributed by atoms with Crippen LogP contribution in [0.25, 0.3) is 5.69 Å². The van der Waals surface area contributed by atoms with Gasteiger partial charge in [0, 0.05) is 4.47 Å². The van der Waals surface area contributed by atoms with Crippen LogP contribution in [0.4, 0.5) is 0 Å². The number of aromatic amines is 1. The molecule has 0 spiro atoms. The highest BCUT2D eigenvalue weighted by molar-refractivity contribution is 9.10. The van der Waals surface area contributed by atoms with Crippen LogP contribution < -0.4 is 5.69 Å². The van der Waals surface area contributed by atoms with E-state index >= 15 is 0 Å². The predicted octanol–water partition coefficient (Wildman–Crippen LogP) is 1.32. The summed E-state index contributed by atoms with van der Waals surface area (Å²) in [7, 11) is 0. The first-order chi connectivity index (χ1) is 6.27. The van der Waals surface area contributed by atoms with Gasteiger partial charge in [0.15, 0.2) is 0 Å². The van der Waals surface area contributed by atoms with Crippen LogP contribution in [-0.4, -0.2) is 14.8 Å². The first kappa shape index (κ1) is 8.25. The van der Waals surface area contributed by atoms with Gasteiger partial charge in [-0.3, -0.25) is 0 Å². The molecule has 0 radical (unpaired) electrons. The van der Waals surface area contributed by atoms with Crippen LogP contribution in [0.3, 0.4) is 0 Å². The second kappa shape index (κ2) is 3.18. The van der Waals surface area contributed by atoms with Crippen LogP contribution in [0.5, 0.6) is 0 Å². The molecule has 5 heteroatoms. The van der Waals surface area contributed by atoms with E-state index in [0.29, 0.717) is 0 Å². The number of aromatic nitrogens is 3. The number of rotatable bonds is 1. The van der Waals surface area contributed by atoms with E-state index in [4.69, 9.17) is 0 Å². The Bertz CT molecular complexity index is 474. The number of nitrogens with zero attached hydrogens (tertiary/aromatic N) is 2. The number of nitrogens with one attached hydrogen (secondary N) is 1. The highest BCUT2D eigenvalue weighted by Gasteiger charge is 2.00. The fraction of sp³-hybridized carbons (Fsp3) is 0. The maximum absolute atomic E-state index is 10.8. The zero-order valence-electron chi connectivity index (χ0n) is 6.57. The zero-order valence-corrected chi connectivity index (χ0v) is 8.15. The molecule has 1 N–H and O–H groups in total. The molecule has 0 saturated heterocycles. The molecule has 4 nitrogen and oxygen atoms in total. The number of para-hydroxylation sites is 1. The van der Waals surface area contributed by atoms with E-state index in [1.54, 1.807) is 4.68 Å². The summed E-state index contributed by atoms with van der Waals surface area (Å²) in [6, 6.07) is 7.57. The van der Waals surface area contributed by atoms with E-state index in [9.17, 15) is 4.79 Å². The van der Waals surface area contributed by atoms with Gasteiger partial charge in [-0.15, -0.1) is 0 Å². The number of hydrogen-bond acceptors (Lipinski definition) is 2. The highest BCUT2D eigenvalue weighted by atomic mass is 79.9. The SMILES string of the molecule is O=c1ncn(-c2ccccc2Br)[nH]1. The Kier molecular flexibility index (Phi) is 2.02. The molecule has 0 aliphatic carbocycles. The molecule has 13 heavy (non-hydrogen) atoms. The van der Waals surface area contributed by atoms with Crippen LogP contribution in [-0.2, 0) is 0 Å². The molecule has 0 fully saturated rings. The Labute approximate surface area is 82.3 Å². The molecule has 0 aliphatic heterocycles. The van der Waals surface area contributed by atoms with Crippen molar-refractivity contribution in [1.29, 1.82) is 0 Å². The molecule has 1 aromatic carbocycles. The van der Waals surface area contributed by atoms with Crippen LogP contribution in [0.2, 0.25) is 0 Å². The van der Waals surface area contributed by atoms with E-state index < -0.39 is 0 Å². The minimum atomic E-state index is -0.351. The maximum atomic E-state index is 10.8. The van der Waals surface area contributed by atoms with Crippen LogP contribution in [0.15, 0.2) is 39.9 Å². The minimum Gasteiger partial charge on any atom is -0.244 e. The lowest BCUT2D eigenvalue weighted by atomic mass is 10.3. The molecule has 1 heterocycles. The summed E-state index contributed by atoms with van der Waals surface area (Å²) in [5.41, 5.74) is 0.507. The van der Waals surface area contributed by atoms with Crippen molar-refractivity contribution in [2.24, 2.45) is 0 Å². The Morgan fingerprint density at radius 1 is 1.38 bits per heavy atom. The topological polar surface area (TPSA) is 50.7 Å². The molecule has 0 saturated carbocycles. The smallest absolute Gasteiger partial charge is 0.244 e. The van der Waals surface area contributed by atoms with Gasteiger partial charge in [-0.25, -0.2) is 14.6 Å². The highest BCUT2D eigenvalue weighted by Crippen LogP contribution is 2.18. The summed E-state index contributed by atoms with van der Waals surface area (Å²) >= 11 is 3.37. The molecule has 2 rings (SSSR count). The van der Waals surface area contributed by atoms with Crippen molar-refractivity contribution in [3.63, 3.8) is 0 Å². The first-order valence-electron chi connectivity index (χ1n) is 3.66. The predicted molar refractivity (Wildman–Crippen MR) is 51.9 cm³/mol. The van der Waals surface area contributed by atoms with Crippen molar-refractivity contribution in [2.75, 3.05) is 0 Å². The largest absolute Gasteiger partial charge is 0.361 e. The third-order valence-electron chi connectivity index (χ3n) is 1.62. The van der Waals surface area contributed by atoms with E-state index in [0.717, 1.165) is 10.2 Å². The normalized spacial score (nSPS) is 10.2. The molecular formula is C8H6BrN3O. The van der Waals surface area contributed by atoms with Crippen LogP contribution >= 0.6 is 15.9 Å². The van der Waals surface area contributed by atoms with Gasteiger partial charge in [-0.2, -0.15) is 4.98 Å². The number of halogens is 1. The molecular weight excluding hydrogens is 234 g/mol. The monoisotopic (exact) mass is 239 g/mol. The lowest BCUT2D eigenvalue weighted by Gasteiger charge is -2.02. The minimum absolute atomic E-state index is 0.351. The van der Waals surface area contributed by atoms with Crippen LogP contribution in [0.1, 0.15) is 0 Å². The number of benzene rings is 1. The second-order valence-corrected chi connectivity index (χ2v) is 3.34. The zero-order chi connectivity index (χ0) is 9.26. The average Bonchev–Trinajstić information content (AvgIpc) is 2.53. The maximum Gasteiger partial charge on any atom is 0.361 e. The summed E-state index contributed by atoms with van der Waals surface area (Å²) in [6.07, 6.45) is 1.45. The molecule has 66 valence electrons. The summed E-state index contributed by atoms with van der Waals surface area (Å²) < 4.78 is 2.47. The van der Waals surface area contributed by atoms with Crippen LogP contribution in [0, 0.1) is 0 Å². The van der Waals surface area contributed by atoms with E-state index in [1.165, 1.54) is 6.33 Å². The summed E-state index contributed by atoms with van der Waals surface area (Å²) in [4.78, 5) is 14.3. The number of H-pyrrole nitrogens is 1. The molecule has 2 aromatic rings. The van der Waals surface area contributed by atoms with E-state index in [1.807, 2.05) is 24.3 Å².